The Morgan fingerprint density at radius 1 is 1.35 bits per heavy atom. The second kappa shape index (κ2) is 4.62. The van der Waals surface area contributed by atoms with Crippen LogP contribution in [0.4, 0.5) is 18.0 Å². The van der Waals surface area contributed by atoms with Gasteiger partial charge in [-0.15, -0.1) is 0 Å². The van der Waals surface area contributed by atoms with E-state index in [2.05, 4.69) is 0 Å². The zero-order chi connectivity index (χ0) is 13.2. The third kappa shape index (κ3) is 3.10. The Morgan fingerprint density at radius 2 is 1.82 bits per heavy atom. The fourth-order valence-electron chi connectivity index (χ4n) is 1.28. The summed E-state index contributed by atoms with van der Waals surface area (Å²) in [4.78, 5) is 10.7. The Bertz CT molecular complexity index is 403. The molecular weight excluding hydrogens is 237 g/mol. The van der Waals surface area contributed by atoms with E-state index >= 15 is 0 Å². The zero-order valence-corrected chi connectivity index (χ0v) is 8.90. The highest BCUT2D eigenvalue weighted by Gasteiger charge is 2.30. The van der Waals surface area contributed by atoms with Crippen molar-refractivity contribution in [2.45, 2.75) is 19.1 Å². The topological polar surface area (TPSA) is 66.6 Å². The van der Waals surface area contributed by atoms with Gasteiger partial charge >= 0.3 is 12.2 Å². The molecule has 1 atom stereocenters. The van der Waals surface area contributed by atoms with Crippen LogP contribution < -0.4 is 5.73 Å². The molecule has 3 N–H and O–H groups in total. The van der Waals surface area contributed by atoms with Crippen LogP contribution in [0.1, 0.15) is 24.1 Å². The van der Waals surface area contributed by atoms with Crippen LogP contribution >= 0.6 is 0 Å². The normalized spacial score (nSPS) is 13.2. The van der Waals surface area contributed by atoms with Crippen molar-refractivity contribution in [3.05, 3.63) is 35.4 Å². The number of hydroxylamine groups is 2. The smallest absolute Gasteiger partial charge is 0.350 e. The lowest BCUT2D eigenvalue weighted by Gasteiger charge is -2.21. The van der Waals surface area contributed by atoms with Gasteiger partial charge in [0.2, 0.25) is 0 Å². The van der Waals surface area contributed by atoms with Crippen molar-refractivity contribution in [2.75, 3.05) is 0 Å². The van der Waals surface area contributed by atoms with Gasteiger partial charge in [0.05, 0.1) is 11.6 Å². The number of hydrogen-bond acceptors (Lipinski definition) is 2. The van der Waals surface area contributed by atoms with E-state index in [1.54, 1.807) is 0 Å². The van der Waals surface area contributed by atoms with Crippen LogP contribution in [-0.4, -0.2) is 16.3 Å². The molecule has 4 nitrogen and oxygen atoms in total. The standard InChI is InChI=1S/C10H11F3N2O2/c1-6(15(17)9(14)16)7-2-4-8(5-3-7)10(11,12)13/h2-6,17H,1H3,(H2,14,16). The summed E-state index contributed by atoms with van der Waals surface area (Å²) < 4.78 is 36.8. The van der Waals surface area contributed by atoms with Gasteiger partial charge in [-0.05, 0) is 24.6 Å². The summed E-state index contributed by atoms with van der Waals surface area (Å²) in [6, 6.07) is 2.23. The van der Waals surface area contributed by atoms with Crippen LogP contribution in [0, 0.1) is 0 Å². The van der Waals surface area contributed by atoms with Gasteiger partial charge in [-0.3, -0.25) is 5.21 Å². The van der Waals surface area contributed by atoms with Crippen LogP contribution in [0.5, 0.6) is 0 Å². The number of amides is 2. The molecule has 0 aromatic heterocycles. The first-order valence-electron chi connectivity index (χ1n) is 4.68. The summed E-state index contributed by atoms with van der Waals surface area (Å²) in [5, 5.41) is 9.47. The van der Waals surface area contributed by atoms with Crippen molar-refractivity contribution in [1.82, 2.24) is 5.06 Å². The van der Waals surface area contributed by atoms with Gasteiger partial charge in [0.25, 0.3) is 0 Å². The van der Waals surface area contributed by atoms with Crippen LogP contribution in [0.15, 0.2) is 24.3 Å². The predicted molar refractivity (Wildman–Crippen MR) is 53.1 cm³/mol. The molecule has 1 aromatic carbocycles. The third-order valence-electron chi connectivity index (χ3n) is 2.31. The highest BCUT2D eigenvalue weighted by Crippen LogP contribution is 2.30. The Morgan fingerprint density at radius 3 is 2.18 bits per heavy atom. The number of primary amides is 1. The lowest BCUT2D eigenvalue weighted by Crippen LogP contribution is -2.34. The molecule has 0 saturated carbocycles. The second-order valence-electron chi connectivity index (χ2n) is 3.48. The number of carbonyl (C=O) groups is 1. The molecule has 0 aliphatic heterocycles. The first-order valence-corrected chi connectivity index (χ1v) is 4.68. The minimum atomic E-state index is -4.41. The van der Waals surface area contributed by atoms with Gasteiger partial charge in [-0.2, -0.15) is 18.2 Å². The molecule has 7 heteroatoms. The van der Waals surface area contributed by atoms with Crippen molar-refractivity contribution in [3.8, 4) is 0 Å². The summed E-state index contributed by atoms with van der Waals surface area (Å²) in [5.41, 5.74) is 4.38. The third-order valence-corrected chi connectivity index (χ3v) is 2.31. The molecule has 1 aromatic rings. The molecular formula is C10H11F3N2O2. The highest BCUT2D eigenvalue weighted by molar-refractivity contribution is 5.71. The molecule has 0 saturated heterocycles. The van der Waals surface area contributed by atoms with Crippen molar-refractivity contribution in [2.24, 2.45) is 5.73 Å². The zero-order valence-electron chi connectivity index (χ0n) is 8.90. The molecule has 17 heavy (non-hydrogen) atoms. The van der Waals surface area contributed by atoms with E-state index in [1.165, 1.54) is 19.1 Å². The molecule has 0 bridgehead atoms. The van der Waals surface area contributed by atoms with Crippen LogP contribution in [0.25, 0.3) is 0 Å². The lowest BCUT2D eigenvalue weighted by atomic mass is 10.1. The SMILES string of the molecule is CC(c1ccc(C(F)(F)F)cc1)N(O)C(N)=O. The van der Waals surface area contributed by atoms with E-state index in [0.29, 0.717) is 5.56 Å². The molecule has 1 unspecified atom stereocenters. The van der Waals surface area contributed by atoms with E-state index in [9.17, 15) is 23.2 Å². The number of hydrogen-bond donors (Lipinski definition) is 2. The van der Waals surface area contributed by atoms with Gasteiger partial charge in [0.15, 0.2) is 0 Å². The maximum absolute atomic E-state index is 12.3. The van der Waals surface area contributed by atoms with Crippen LogP contribution in [0.3, 0.4) is 0 Å². The lowest BCUT2D eigenvalue weighted by molar-refractivity contribution is -0.137. The van der Waals surface area contributed by atoms with E-state index < -0.39 is 23.8 Å². The molecule has 0 aliphatic carbocycles. The molecule has 0 fully saturated rings. The van der Waals surface area contributed by atoms with E-state index in [1.807, 2.05) is 0 Å². The molecule has 0 heterocycles. The number of rotatable bonds is 2. The Balaban J connectivity index is 2.92. The number of nitrogens with zero attached hydrogens (tertiary/aromatic N) is 1. The number of halogens is 3. The predicted octanol–water partition coefficient (Wildman–Crippen LogP) is 2.54. The molecule has 0 spiro atoms. The molecule has 1 rings (SSSR count). The number of urea groups is 1. The summed E-state index contributed by atoms with van der Waals surface area (Å²) in [5.74, 6) is 0. The van der Waals surface area contributed by atoms with Gasteiger partial charge in [0, 0.05) is 0 Å². The fraction of sp³-hybridized carbons (Fsp3) is 0.300. The fourth-order valence-corrected chi connectivity index (χ4v) is 1.28. The monoisotopic (exact) mass is 248 g/mol. The minimum absolute atomic E-state index is 0.253. The average Bonchev–Trinajstić information content (AvgIpc) is 2.26. The molecule has 0 aliphatic rings. The summed E-state index contributed by atoms with van der Waals surface area (Å²) in [6.07, 6.45) is -4.41. The molecule has 0 radical (unpaired) electrons. The maximum atomic E-state index is 12.3. The number of nitrogens with two attached hydrogens (primary N) is 1. The summed E-state index contributed by atoms with van der Waals surface area (Å²) in [7, 11) is 0. The Labute approximate surface area is 95.4 Å². The van der Waals surface area contributed by atoms with Crippen molar-refractivity contribution < 1.29 is 23.2 Å². The van der Waals surface area contributed by atoms with Gasteiger partial charge in [0.1, 0.15) is 0 Å². The maximum Gasteiger partial charge on any atom is 0.416 e. The van der Waals surface area contributed by atoms with Crippen LogP contribution in [0.2, 0.25) is 0 Å². The van der Waals surface area contributed by atoms with Crippen molar-refractivity contribution in [3.63, 3.8) is 0 Å². The van der Waals surface area contributed by atoms with Crippen molar-refractivity contribution in [1.29, 1.82) is 0 Å². The average molecular weight is 248 g/mol. The Hall–Kier alpha value is -1.76. The number of alkyl halides is 3. The minimum Gasteiger partial charge on any atom is -0.350 e. The quantitative estimate of drug-likeness (QED) is 0.623. The Kier molecular flexibility index (Phi) is 3.62. The number of carbonyl (C=O) groups excluding carboxylic acids is 1. The van der Waals surface area contributed by atoms with E-state index in [-0.39, 0.29) is 5.06 Å². The van der Waals surface area contributed by atoms with E-state index in [0.717, 1.165) is 12.1 Å². The van der Waals surface area contributed by atoms with Gasteiger partial charge < -0.3 is 5.73 Å². The summed E-state index contributed by atoms with van der Waals surface area (Å²) in [6.45, 7) is 1.44. The first kappa shape index (κ1) is 13.3. The van der Waals surface area contributed by atoms with E-state index in [4.69, 9.17) is 5.73 Å². The number of benzene rings is 1. The second-order valence-corrected chi connectivity index (χ2v) is 3.48. The first-order chi connectivity index (χ1) is 7.73. The van der Waals surface area contributed by atoms with Gasteiger partial charge in [-0.1, -0.05) is 12.1 Å². The molecule has 2 amide bonds. The highest BCUT2D eigenvalue weighted by atomic mass is 19.4. The van der Waals surface area contributed by atoms with Crippen LogP contribution in [-0.2, 0) is 6.18 Å². The molecule has 94 valence electrons. The van der Waals surface area contributed by atoms with Crippen molar-refractivity contribution >= 4 is 6.03 Å². The van der Waals surface area contributed by atoms with Gasteiger partial charge in [-0.25, -0.2) is 4.79 Å². The summed E-state index contributed by atoms with van der Waals surface area (Å²) >= 11 is 0. The largest absolute Gasteiger partial charge is 0.416 e.